The molecule has 1 aliphatic heterocycles. The summed E-state index contributed by atoms with van der Waals surface area (Å²) >= 11 is 0. The maximum absolute atomic E-state index is 12.4. The van der Waals surface area contributed by atoms with E-state index < -0.39 is 0 Å². The molecule has 0 fully saturated rings. The number of aromatic nitrogens is 1. The van der Waals surface area contributed by atoms with E-state index in [1.807, 2.05) is 18.2 Å². The zero-order valence-corrected chi connectivity index (χ0v) is 14.6. The van der Waals surface area contributed by atoms with Crippen LogP contribution in [0.4, 0.5) is 0 Å². The number of amides is 2. The summed E-state index contributed by atoms with van der Waals surface area (Å²) < 4.78 is 10.6. The number of nitrogens with one attached hydrogen (secondary N) is 1. The van der Waals surface area contributed by atoms with Crippen LogP contribution in [0.15, 0.2) is 42.6 Å². The summed E-state index contributed by atoms with van der Waals surface area (Å²) in [5.74, 6) is 0.330. The molecule has 3 rings (SSSR count). The number of carbonyl (C=O) groups is 2. The quantitative estimate of drug-likeness (QED) is 0.847. The molecule has 0 unspecified atom stereocenters. The number of ether oxygens (including phenoxy) is 2. The number of benzene rings is 1. The van der Waals surface area contributed by atoms with E-state index in [2.05, 4.69) is 10.3 Å². The van der Waals surface area contributed by atoms with Crippen molar-refractivity contribution in [1.29, 1.82) is 0 Å². The van der Waals surface area contributed by atoms with Crippen molar-refractivity contribution < 1.29 is 19.1 Å². The molecule has 26 heavy (non-hydrogen) atoms. The lowest BCUT2D eigenvalue weighted by Gasteiger charge is -2.19. The molecule has 0 aliphatic carbocycles. The summed E-state index contributed by atoms with van der Waals surface area (Å²) in [6.45, 7) is 1.66. The number of hydrogen-bond acceptors (Lipinski definition) is 5. The highest BCUT2D eigenvalue weighted by Gasteiger charge is 2.22. The van der Waals surface area contributed by atoms with Crippen molar-refractivity contribution in [2.45, 2.75) is 13.1 Å². The minimum Gasteiger partial charge on any atom is -0.483 e. The summed E-state index contributed by atoms with van der Waals surface area (Å²) in [4.78, 5) is 30.4. The van der Waals surface area contributed by atoms with Gasteiger partial charge in [0.05, 0.1) is 18.8 Å². The molecule has 1 N–H and O–H groups in total. The molecule has 0 saturated heterocycles. The summed E-state index contributed by atoms with van der Waals surface area (Å²) in [5.41, 5.74) is 2.11. The molecule has 0 atom stereocenters. The standard InChI is InChI=1S/C19H21N3O4/c1-25-9-8-22-12-15-10-14(5-6-17(15)26-13-18(22)23)19(24)21-11-16-4-2-3-7-20-16/h2-7,10H,8-9,11-13H2,1H3,(H,21,24). The molecule has 0 spiro atoms. The first-order valence-corrected chi connectivity index (χ1v) is 8.38. The minimum absolute atomic E-state index is 0.0120. The van der Waals surface area contributed by atoms with Crippen molar-refractivity contribution in [2.75, 3.05) is 26.9 Å². The van der Waals surface area contributed by atoms with Crippen molar-refractivity contribution in [2.24, 2.45) is 0 Å². The Kier molecular flexibility index (Phi) is 5.80. The van der Waals surface area contributed by atoms with E-state index in [0.29, 0.717) is 37.6 Å². The normalized spacial score (nSPS) is 13.6. The van der Waals surface area contributed by atoms with Crippen LogP contribution in [0, 0.1) is 0 Å². The predicted octanol–water partition coefficient (Wildman–Crippen LogP) is 1.38. The highest BCUT2D eigenvalue weighted by atomic mass is 16.5. The van der Waals surface area contributed by atoms with Crippen LogP contribution < -0.4 is 10.1 Å². The molecule has 0 radical (unpaired) electrons. The Balaban J connectivity index is 1.71. The minimum atomic E-state index is -0.197. The molecule has 1 aromatic carbocycles. The largest absolute Gasteiger partial charge is 0.483 e. The Morgan fingerprint density at radius 3 is 3.00 bits per heavy atom. The molecule has 2 aromatic rings. The number of fused-ring (bicyclic) bond motifs is 1. The van der Waals surface area contributed by atoms with Gasteiger partial charge in [-0.25, -0.2) is 0 Å². The predicted molar refractivity (Wildman–Crippen MR) is 94.6 cm³/mol. The number of pyridine rings is 1. The number of carbonyl (C=O) groups excluding carboxylic acids is 2. The first-order chi connectivity index (χ1) is 12.7. The fraction of sp³-hybridized carbons (Fsp3) is 0.316. The van der Waals surface area contributed by atoms with Crippen LogP contribution in [0.5, 0.6) is 5.75 Å². The summed E-state index contributed by atoms with van der Waals surface area (Å²) in [6.07, 6.45) is 1.69. The van der Waals surface area contributed by atoms with Gasteiger partial charge in [0.25, 0.3) is 11.8 Å². The fourth-order valence-corrected chi connectivity index (χ4v) is 2.69. The van der Waals surface area contributed by atoms with E-state index in [4.69, 9.17) is 9.47 Å². The van der Waals surface area contributed by atoms with Crippen molar-refractivity contribution in [1.82, 2.24) is 15.2 Å². The SMILES string of the molecule is COCCN1Cc2cc(C(=O)NCc3ccccn3)ccc2OCC1=O. The van der Waals surface area contributed by atoms with Gasteiger partial charge in [-0.15, -0.1) is 0 Å². The first kappa shape index (κ1) is 17.9. The molecular weight excluding hydrogens is 334 g/mol. The molecule has 0 bridgehead atoms. The van der Waals surface area contributed by atoms with Gasteiger partial charge < -0.3 is 19.7 Å². The Bertz CT molecular complexity index is 780. The molecular formula is C19H21N3O4. The topological polar surface area (TPSA) is 80.8 Å². The second-order valence-corrected chi connectivity index (χ2v) is 5.92. The van der Waals surface area contributed by atoms with Crippen LogP contribution in [-0.4, -0.2) is 48.6 Å². The van der Waals surface area contributed by atoms with Crippen molar-refractivity contribution in [3.63, 3.8) is 0 Å². The van der Waals surface area contributed by atoms with Gasteiger partial charge in [-0.1, -0.05) is 6.07 Å². The number of methoxy groups -OCH3 is 1. The smallest absolute Gasteiger partial charge is 0.260 e. The lowest BCUT2D eigenvalue weighted by atomic mass is 10.1. The Hall–Kier alpha value is -2.93. The van der Waals surface area contributed by atoms with Crippen LogP contribution in [0.25, 0.3) is 0 Å². The van der Waals surface area contributed by atoms with Gasteiger partial charge in [-0.05, 0) is 30.3 Å². The average Bonchev–Trinajstić information content (AvgIpc) is 2.83. The number of hydrogen-bond donors (Lipinski definition) is 1. The highest BCUT2D eigenvalue weighted by molar-refractivity contribution is 5.94. The summed E-state index contributed by atoms with van der Waals surface area (Å²) in [5, 5.41) is 2.85. The average molecular weight is 355 g/mol. The summed E-state index contributed by atoms with van der Waals surface area (Å²) in [6, 6.07) is 10.8. The van der Waals surface area contributed by atoms with Gasteiger partial charge in [-0.2, -0.15) is 0 Å². The molecule has 136 valence electrons. The van der Waals surface area contributed by atoms with Crippen LogP contribution in [0.3, 0.4) is 0 Å². The third-order valence-electron chi connectivity index (χ3n) is 4.11. The van der Waals surface area contributed by atoms with Crippen LogP contribution in [0.2, 0.25) is 0 Å². The van der Waals surface area contributed by atoms with Gasteiger partial charge in [0.1, 0.15) is 5.75 Å². The van der Waals surface area contributed by atoms with Gasteiger partial charge in [0.2, 0.25) is 0 Å². The van der Waals surface area contributed by atoms with Crippen LogP contribution >= 0.6 is 0 Å². The van der Waals surface area contributed by atoms with Gasteiger partial charge in [0.15, 0.2) is 6.61 Å². The maximum atomic E-state index is 12.4. The zero-order valence-electron chi connectivity index (χ0n) is 14.6. The van der Waals surface area contributed by atoms with E-state index in [0.717, 1.165) is 11.3 Å². The van der Waals surface area contributed by atoms with Gasteiger partial charge in [-0.3, -0.25) is 14.6 Å². The Morgan fingerprint density at radius 2 is 2.23 bits per heavy atom. The molecule has 0 saturated carbocycles. The first-order valence-electron chi connectivity index (χ1n) is 8.38. The second kappa shape index (κ2) is 8.44. The van der Waals surface area contributed by atoms with Crippen molar-refractivity contribution in [3.05, 3.63) is 59.4 Å². The monoisotopic (exact) mass is 355 g/mol. The molecule has 1 aliphatic rings. The molecule has 7 nitrogen and oxygen atoms in total. The zero-order chi connectivity index (χ0) is 18.4. The van der Waals surface area contributed by atoms with E-state index in [1.165, 1.54) is 0 Å². The molecule has 1 aromatic heterocycles. The maximum Gasteiger partial charge on any atom is 0.260 e. The third kappa shape index (κ3) is 4.37. The van der Waals surface area contributed by atoms with Crippen molar-refractivity contribution >= 4 is 11.8 Å². The van der Waals surface area contributed by atoms with Gasteiger partial charge in [0, 0.05) is 37.5 Å². The lowest BCUT2D eigenvalue weighted by Crippen LogP contribution is -2.34. The third-order valence-corrected chi connectivity index (χ3v) is 4.11. The molecule has 2 heterocycles. The molecule has 2 amide bonds. The Labute approximate surface area is 151 Å². The summed E-state index contributed by atoms with van der Waals surface area (Å²) in [7, 11) is 1.59. The fourth-order valence-electron chi connectivity index (χ4n) is 2.69. The van der Waals surface area contributed by atoms with Gasteiger partial charge >= 0.3 is 0 Å². The van der Waals surface area contributed by atoms with E-state index in [-0.39, 0.29) is 18.4 Å². The molecule has 7 heteroatoms. The number of rotatable bonds is 6. The van der Waals surface area contributed by atoms with E-state index in [1.54, 1.807) is 36.4 Å². The second-order valence-electron chi connectivity index (χ2n) is 5.92. The lowest BCUT2D eigenvalue weighted by molar-refractivity contribution is -0.133. The number of nitrogens with zero attached hydrogens (tertiary/aromatic N) is 2. The van der Waals surface area contributed by atoms with Crippen molar-refractivity contribution in [3.8, 4) is 5.75 Å². The highest BCUT2D eigenvalue weighted by Crippen LogP contribution is 2.24. The van der Waals surface area contributed by atoms with Crippen LogP contribution in [0.1, 0.15) is 21.6 Å². The van der Waals surface area contributed by atoms with E-state index >= 15 is 0 Å². The Morgan fingerprint density at radius 1 is 1.35 bits per heavy atom. The van der Waals surface area contributed by atoms with E-state index in [9.17, 15) is 9.59 Å². The van der Waals surface area contributed by atoms with Crippen LogP contribution in [-0.2, 0) is 22.6 Å².